The van der Waals surface area contributed by atoms with E-state index in [0.717, 1.165) is 51.1 Å². The van der Waals surface area contributed by atoms with Crippen LogP contribution in [0.4, 0.5) is 0 Å². The van der Waals surface area contributed by atoms with E-state index >= 15 is 0 Å². The third-order valence-electron chi connectivity index (χ3n) is 7.05. The summed E-state index contributed by atoms with van der Waals surface area (Å²) < 4.78 is 16.6. The fraction of sp³-hybridized carbons (Fsp3) is 0.135. The van der Waals surface area contributed by atoms with E-state index in [1.165, 1.54) is 5.56 Å². The molecule has 0 atom stereocenters. The molecule has 6 rings (SSSR count). The van der Waals surface area contributed by atoms with E-state index in [2.05, 4.69) is 61.7 Å². The number of aryl methyl sites for hydroxylation is 1. The molecular formula is C37H34N3O2+. The van der Waals surface area contributed by atoms with Crippen molar-refractivity contribution in [1.82, 2.24) is 9.55 Å². The smallest absolute Gasteiger partial charge is 0.248 e. The summed E-state index contributed by atoms with van der Waals surface area (Å²) in [6.45, 7) is 6.69. The number of aromatic nitrogens is 3. The van der Waals surface area contributed by atoms with Gasteiger partial charge in [-0.05, 0) is 76.7 Å². The maximum atomic E-state index is 6.36. The zero-order valence-corrected chi connectivity index (χ0v) is 24.4. The zero-order valence-electron chi connectivity index (χ0n) is 24.4. The van der Waals surface area contributed by atoms with Crippen LogP contribution in [0.3, 0.4) is 0 Å². The van der Waals surface area contributed by atoms with Crippen molar-refractivity contribution in [3.63, 3.8) is 0 Å². The molecule has 0 amide bonds. The third kappa shape index (κ3) is 5.96. The van der Waals surface area contributed by atoms with E-state index in [1.807, 2.05) is 109 Å². The predicted molar refractivity (Wildman–Crippen MR) is 167 cm³/mol. The Morgan fingerprint density at radius 1 is 0.667 bits per heavy atom. The number of imidazole rings is 1. The van der Waals surface area contributed by atoms with Gasteiger partial charge >= 0.3 is 0 Å². The second-order valence-electron chi connectivity index (χ2n) is 11.4. The van der Waals surface area contributed by atoms with Gasteiger partial charge in [0.25, 0.3) is 0 Å². The number of hydrogen-bond donors (Lipinski definition) is 0. The van der Waals surface area contributed by atoms with E-state index in [9.17, 15) is 0 Å². The van der Waals surface area contributed by atoms with Crippen molar-refractivity contribution in [2.24, 2.45) is 7.05 Å². The standard InChI is InChI=1S/C37H34N3O2/c1-37(2,3)35-34(27-11-8-16-31(23-27)41-30-14-6-5-7-15-30)19-20-38-36(35)28-12-9-17-32(24-28)42-33-18-10-13-29(25-33)40-22-21-39(4)26-40/h5-26H,1-4H3/q+1. The van der Waals surface area contributed by atoms with Crippen LogP contribution >= 0.6 is 0 Å². The van der Waals surface area contributed by atoms with Crippen LogP contribution in [-0.2, 0) is 12.5 Å². The van der Waals surface area contributed by atoms with Crippen LogP contribution in [0.15, 0.2) is 134 Å². The summed E-state index contributed by atoms with van der Waals surface area (Å²) >= 11 is 0. The van der Waals surface area contributed by atoms with Crippen molar-refractivity contribution in [3.8, 4) is 51.1 Å². The van der Waals surface area contributed by atoms with Crippen molar-refractivity contribution in [1.29, 1.82) is 0 Å². The van der Waals surface area contributed by atoms with Crippen molar-refractivity contribution in [2.45, 2.75) is 26.2 Å². The van der Waals surface area contributed by atoms with E-state index in [4.69, 9.17) is 14.5 Å². The van der Waals surface area contributed by atoms with Gasteiger partial charge in [0, 0.05) is 17.8 Å². The lowest BCUT2D eigenvalue weighted by molar-refractivity contribution is -0.670. The molecule has 42 heavy (non-hydrogen) atoms. The molecule has 5 nitrogen and oxygen atoms in total. The first-order valence-corrected chi connectivity index (χ1v) is 14.1. The Kier molecular flexibility index (Phi) is 7.32. The molecule has 6 aromatic rings. The molecule has 0 radical (unpaired) electrons. The highest BCUT2D eigenvalue weighted by atomic mass is 16.5. The van der Waals surface area contributed by atoms with Crippen LogP contribution < -0.4 is 14.0 Å². The Morgan fingerprint density at radius 2 is 1.29 bits per heavy atom. The Morgan fingerprint density at radius 3 is 1.98 bits per heavy atom. The van der Waals surface area contributed by atoms with Crippen molar-refractivity contribution in [3.05, 3.63) is 140 Å². The maximum absolute atomic E-state index is 6.36. The van der Waals surface area contributed by atoms with Gasteiger partial charge in [0.05, 0.1) is 12.7 Å². The Bertz CT molecular complexity index is 1830. The number of hydrogen-bond acceptors (Lipinski definition) is 3. The van der Waals surface area contributed by atoms with Gasteiger partial charge in [0.1, 0.15) is 41.1 Å². The average Bonchev–Trinajstić information content (AvgIpc) is 3.43. The molecule has 0 spiro atoms. The predicted octanol–water partition coefficient (Wildman–Crippen LogP) is 8.91. The minimum Gasteiger partial charge on any atom is -0.457 e. The minimum atomic E-state index is -0.173. The summed E-state index contributed by atoms with van der Waals surface area (Å²) in [5.41, 5.74) is 6.18. The number of nitrogens with zero attached hydrogens (tertiary/aromatic N) is 3. The zero-order chi connectivity index (χ0) is 29.1. The van der Waals surface area contributed by atoms with Gasteiger partial charge in [-0.1, -0.05) is 69.3 Å². The van der Waals surface area contributed by atoms with Crippen molar-refractivity contribution < 1.29 is 14.0 Å². The second-order valence-corrected chi connectivity index (χ2v) is 11.4. The summed E-state index contributed by atoms with van der Waals surface area (Å²) in [6, 6.07) is 36.5. The van der Waals surface area contributed by atoms with Crippen LogP contribution in [0.5, 0.6) is 23.0 Å². The fourth-order valence-corrected chi connectivity index (χ4v) is 5.19. The molecule has 0 bridgehead atoms. The number of benzene rings is 4. The first kappa shape index (κ1) is 27.0. The summed E-state index contributed by atoms with van der Waals surface area (Å²) in [4.78, 5) is 4.90. The molecule has 0 aliphatic carbocycles. The van der Waals surface area contributed by atoms with E-state index in [-0.39, 0.29) is 5.41 Å². The van der Waals surface area contributed by atoms with Crippen LogP contribution in [-0.4, -0.2) is 9.55 Å². The lowest BCUT2D eigenvalue weighted by Gasteiger charge is -2.26. The Balaban J connectivity index is 1.35. The normalized spacial score (nSPS) is 11.3. The van der Waals surface area contributed by atoms with Gasteiger partial charge in [-0.3, -0.25) is 4.98 Å². The molecule has 5 heteroatoms. The highest BCUT2D eigenvalue weighted by molar-refractivity contribution is 5.78. The molecule has 2 aromatic heterocycles. The number of rotatable bonds is 7. The first-order valence-electron chi connectivity index (χ1n) is 14.1. The second kappa shape index (κ2) is 11.4. The largest absolute Gasteiger partial charge is 0.457 e. The molecule has 0 unspecified atom stereocenters. The number of para-hydroxylation sites is 1. The van der Waals surface area contributed by atoms with Crippen LogP contribution in [0.25, 0.3) is 28.1 Å². The van der Waals surface area contributed by atoms with Crippen molar-refractivity contribution >= 4 is 0 Å². The number of ether oxygens (including phenoxy) is 2. The lowest BCUT2D eigenvalue weighted by atomic mass is 9.79. The Labute approximate surface area is 247 Å². The molecule has 0 aliphatic rings. The number of pyridine rings is 1. The van der Waals surface area contributed by atoms with Crippen LogP contribution in [0.1, 0.15) is 26.3 Å². The molecule has 0 fully saturated rings. The Hall–Kier alpha value is -5.16. The van der Waals surface area contributed by atoms with Gasteiger partial charge in [-0.15, -0.1) is 0 Å². The van der Waals surface area contributed by atoms with Gasteiger partial charge in [-0.2, -0.15) is 0 Å². The van der Waals surface area contributed by atoms with Gasteiger partial charge in [0.2, 0.25) is 6.33 Å². The van der Waals surface area contributed by atoms with E-state index in [0.29, 0.717) is 0 Å². The van der Waals surface area contributed by atoms with Gasteiger partial charge in [-0.25, -0.2) is 9.13 Å². The van der Waals surface area contributed by atoms with E-state index in [1.54, 1.807) is 0 Å². The summed E-state index contributed by atoms with van der Waals surface area (Å²) in [7, 11) is 2.01. The molecule has 208 valence electrons. The lowest BCUT2D eigenvalue weighted by Crippen LogP contribution is -2.23. The fourth-order valence-electron chi connectivity index (χ4n) is 5.19. The minimum absolute atomic E-state index is 0.173. The molecular weight excluding hydrogens is 518 g/mol. The summed E-state index contributed by atoms with van der Waals surface area (Å²) in [5.74, 6) is 3.14. The maximum Gasteiger partial charge on any atom is 0.248 e. The quantitative estimate of drug-likeness (QED) is 0.186. The molecule has 0 N–H and O–H groups in total. The van der Waals surface area contributed by atoms with E-state index < -0.39 is 0 Å². The molecule has 0 saturated heterocycles. The van der Waals surface area contributed by atoms with Crippen LogP contribution in [0, 0.1) is 0 Å². The van der Waals surface area contributed by atoms with Gasteiger partial charge < -0.3 is 9.47 Å². The van der Waals surface area contributed by atoms with Crippen LogP contribution in [0.2, 0.25) is 0 Å². The first-order chi connectivity index (χ1) is 20.3. The molecule has 4 aromatic carbocycles. The summed E-state index contributed by atoms with van der Waals surface area (Å²) in [5, 5.41) is 0. The highest BCUT2D eigenvalue weighted by Crippen LogP contribution is 2.41. The molecule has 0 aliphatic heterocycles. The summed E-state index contributed by atoms with van der Waals surface area (Å²) in [6.07, 6.45) is 7.95. The van der Waals surface area contributed by atoms with Gasteiger partial charge in [0.15, 0.2) is 0 Å². The molecule has 2 heterocycles. The van der Waals surface area contributed by atoms with Crippen molar-refractivity contribution in [2.75, 3.05) is 0 Å². The monoisotopic (exact) mass is 552 g/mol. The highest BCUT2D eigenvalue weighted by Gasteiger charge is 2.25. The molecule has 0 saturated carbocycles. The SMILES string of the molecule is C[n+]1ccn(-c2cccc(Oc3cccc(-c4nccc(-c5cccc(Oc6ccccc6)c5)c4C(C)(C)C)c3)c2)c1. The average molecular weight is 553 g/mol. The third-order valence-corrected chi connectivity index (χ3v) is 7.05. The topological polar surface area (TPSA) is 40.2 Å².